The van der Waals surface area contributed by atoms with Crippen LogP contribution in [0.3, 0.4) is 0 Å². The molecule has 6 heteroatoms. The first kappa shape index (κ1) is 17.5. The molecule has 23 heavy (non-hydrogen) atoms. The molecule has 0 unspecified atom stereocenters. The van der Waals surface area contributed by atoms with Gasteiger partial charge in [-0.15, -0.1) is 0 Å². The van der Waals surface area contributed by atoms with Crippen molar-refractivity contribution in [2.24, 2.45) is 0 Å². The highest BCUT2D eigenvalue weighted by Crippen LogP contribution is 2.20. The fourth-order valence-electron chi connectivity index (χ4n) is 2.46. The molecule has 2 heterocycles. The van der Waals surface area contributed by atoms with E-state index in [1.807, 2.05) is 39.8 Å². The average Bonchev–Trinajstić information content (AvgIpc) is 2.53. The molecular formula is C17H27N3O3. The lowest BCUT2D eigenvalue weighted by Gasteiger charge is -2.36. The fourth-order valence-corrected chi connectivity index (χ4v) is 2.46. The molecule has 1 aromatic heterocycles. The summed E-state index contributed by atoms with van der Waals surface area (Å²) in [6.45, 7) is 10.2. The van der Waals surface area contributed by atoms with E-state index >= 15 is 0 Å². The molecule has 1 amide bonds. The first-order chi connectivity index (χ1) is 10.8. The van der Waals surface area contributed by atoms with Gasteiger partial charge in [0.15, 0.2) is 0 Å². The van der Waals surface area contributed by atoms with Crippen LogP contribution in [0.4, 0.5) is 10.6 Å². The Morgan fingerprint density at radius 3 is 2.43 bits per heavy atom. The molecule has 0 aromatic carbocycles. The Balaban J connectivity index is 1.90. The van der Waals surface area contributed by atoms with Crippen molar-refractivity contribution < 1.29 is 14.6 Å². The number of carbonyl (C=O) groups excluding carboxylic acids is 1. The van der Waals surface area contributed by atoms with Crippen molar-refractivity contribution in [2.45, 2.75) is 45.8 Å². The summed E-state index contributed by atoms with van der Waals surface area (Å²) in [5.41, 5.74) is 0.370. The predicted octanol–water partition coefficient (Wildman–Crippen LogP) is 2.58. The maximum atomic E-state index is 12.1. The van der Waals surface area contributed by atoms with Crippen molar-refractivity contribution >= 4 is 11.9 Å². The Hall–Kier alpha value is -1.82. The number of aromatic nitrogens is 1. The minimum Gasteiger partial charge on any atom is -0.444 e. The lowest BCUT2D eigenvalue weighted by molar-refractivity contribution is 0.0240. The van der Waals surface area contributed by atoms with Crippen molar-refractivity contribution in [1.82, 2.24) is 9.88 Å². The Bertz CT molecular complexity index is 517. The quantitative estimate of drug-likeness (QED) is 0.927. The molecule has 1 N–H and O–H groups in total. The predicted molar refractivity (Wildman–Crippen MR) is 89.5 cm³/mol. The summed E-state index contributed by atoms with van der Waals surface area (Å²) < 4.78 is 5.40. The molecule has 128 valence electrons. The molecule has 1 saturated heterocycles. The van der Waals surface area contributed by atoms with E-state index in [-0.39, 0.29) is 6.09 Å². The number of hydrogen-bond acceptors (Lipinski definition) is 5. The van der Waals surface area contributed by atoms with Crippen LogP contribution >= 0.6 is 0 Å². The number of ether oxygens (including phenoxy) is 1. The molecule has 1 aliphatic heterocycles. The van der Waals surface area contributed by atoms with Crippen molar-refractivity contribution in [3.05, 3.63) is 23.9 Å². The summed E-state index contributed by atoms with van der Waals surface area (Å²) in [6, 6.07) is 3.84. The summed E-state index contributed by atoms with van der Waals surface area (Å²) in [5.74, 6) is 0.876. The molecule has 2 rings (SSSR count). The molecular weight excluding hydrogens is 294 g/mol. The van der Waals surface area contributed by atoms with Crippen LogP contribution in [0.1, 0.15) is 45.8 Å². The molecule has 0 saturated carbocycles. The number of aliphatic hydroxyl groups excluding tert-OH is 1. The lowest BCUT2D eigenvalue weighted by Crippen LogP contribution is -2.50. The van der Waals surface area contributed by atoms with Crippen LogP contribution in [0.25, 0.3) is 0 Å². The maximum absolute atomic E-state index is 12.1. The summed E-state index contributed by atoms with van der Waals surface area (Å²) in [4.78, 5) is 20.4. The third-order valence-corrected chi connectivity index (χ3v) is 3.80. The van der Waals surface area contributed by atoms with E-state index in [0.29, 0.717) is 19.5 Å². The van der Waals surface area contributed by atoms with Crippen molar-refractivity contribution in [3.8, 4) is 0 Å². The van der Waals surface area contributed by atoms with Crippen LogP contribution in [0.15, 0.2) is 18.3 Å². The molecule has 6 nitrogen and oxygen atoms in total. The van der Waals surface area contributed by atoms with E-state index in [0.717, 1.165) is 24.5 Å². The number of hydrogen-bond donors (Lipinski definition) is 1. The summed E-state index contributed by atoms with van der Waals surface area (Å²) in [7, 11) is 0. The third-order valence-electron chi connectivity index (χ3n) is 3.80. The van der Waals surface area contributed by atoms with E-state index in [1.165, 1.54) is 0 Å². The highest BCUT2D eigenvalue weighted by molar-refractivity contribution is 5.68. The number of aliphatic hydroxyl groups is 1. The largest absolute Gasteiger partial charge is 0.444 e. The first-order valence-electron chi connectivity index (χ1n) is 8.17. The van der Waals surface area contributed by atoms with Gasteiger partial charge in [0.1, 0.15) is 11.4 Å². The number of anilines is 1. The first-order valence-corrected chi connectivity index (χ1v) is 8.17. The van der Waals surface area contributed by atoms with E-state index in [2.05, 4.69) is 9.88 Å². The lowest BCUT2D eigenvalue weighted by atomic mass is 10.1. The molecule has 0 bridgehead atoms. The molecule has 1 aliphatic rings. The summed E-state index contributed by atoms with van der Waals surface area (Å²) in [6.07, 6.45) is 1.69. The van der Waals surface area contributed by atoms with Gasteiger partial charge >= 0.3 is 6.09 Å². The van der Waals surface area contributed by atoms with E-state index in [1.54, 1.807) is 11.1 Å². The van der Waals surface area contributed by atoms with Gasteiger partial charge in [-0.3, -0.25) is 0 Å². The fraction of sp³-hybridized carbons (Fsp3) is 0.647. The highest BCUT2D eigenvalue weighted by atomic mass is 16.6. The number of carbonyl (C=O) groups is 1. The average molecular weight is 321 g/mol. The molecule has 0 aliphatic carbocycles. The van der Waals surface area contributed by atoms with Crippen LogP contribution in [-0.4, -0.2) is 52.9 Å². The van der Waals surface area contributed by atoms with Gasteiger partial charge in [-0.05, 0) is 38.8 Å². The monoisotopic (exact) mass is 321 g/mol. The third kappa shape index (κ3) is 4.82. The van der Waals surface area contributed by atoms with Crippen LogP contribution in [-0.2, 0) is 4.74 Å². The Morgan fingerprint density at radius 2 is 1.96 bits per heavy atom. The molecule has 1 fully saturated rings. The Kier molecular flexibility index (Phi) is 5.46. The maximum Gasteiger partial charge on any atom is 0.410 e. The SMILES string of the molecule is CC[C@H](O)c1ccc(N2CCN(C(=O)OC(C)(C)C)CC2)nc1. The zero-order chi connectivity index (χ0) is 17.0. The number of pyridine rings is 1. The number of rotatable bonds is 3. The van der Waals surface area contributed by atoms with Gasteiger partial charge in [0, 0.05) is 32.4 Å². The van der Waals surface area contributed by atoms with Crippen molar-refractivity contribution in [3.63, 3.8) is 0 Å². The van der Waals surface area contributed by atoms with Crippen molar-refractivity contribution in [2.75, 3.05) is 31.1 Å². The minimum absolute atomic E-state index is 0.258. The van der Waals surface area contributed by atoms with Crippen LogP contribution in [0.2, 0.25) is 0 Å². The number of nitrogens with zero attached hydrogens (tertiary/aromatic N) is 3. The standard InChI is InChI=1S/C17H27N3O3/c1-5-14(21)13-6-7-15(18-12-13)19-8-10-20(11-9-19)16(22)23-17(2,3)4/h6-7,12,14,21H,5,8-11H2,1-4H3/t14-/m0/s1. The molecule has 1 aromatic rings. The van der Waals surface area contributed by atoms with Gasteiger partial charge in [-0.1, -0.05) is 13.0 Å². The minimum atomic E-state index is -0.467. The van der Waals surface area contributed by atoms with E-state index < -0.39 is 11.7 Å². The smallest absolute Gasteiger partial charge is 0.410 e. The zero-order valence-electron chi connectivity index (χ0n) is 14.5. The normalized spacial score (nSPS) is 17.1. The highest BCUT2D eigenvalue weighted by Gasteiger charge is 2.26. The van der Waals surface area contributed by atoms with E-state index in [4.69, 9.17) is 4.74 Å². The Morgan fingerprint density at radius 1 is 1.30 bits per heavy atom. The molecule has 1 atom stereocenters. The zero-order valence-corrected chi connectivity index (χ0v) is 14.5. The molecule has 0 radical (unpaired) electrons. The number of piperazine rings is 1. The van der Waals surface area contributed by atoms with Crippen LogP contribution < -0.4 is 4.90 Å². The van der Waals surface area contributed by atoms with E-state index in [9.17, 15) is 9.90 Å². The summed E-state index contributed by atoms with van der Waals surface area (Å²) in [5, 5.41) is 9.81. The van der Waals surface area contributed by atoms with Gasteiger partial charge in [0.25, 0.3) is 0 Å². The Labute approximate surface area is 138 Å². The topological polar surface area (TPSA) is 65.9 Å². The summed E-state index contributed by atoms with van der Waals surface area (Å²) >= 11 is 0. The van der Waals surface area contributed by atoms with Gasteiger partial charge < -0.3 is 19.6 Å². The van der Waals surface area contributed by atoms with Crippen LogP contribution in [0.5, 0.6) is 0 Å². The van der Waals surface area contributed by atoms with Gasteiger partial charge in [0.05, 0.1) is 6.10 Å². The van der Waals surface area contributed by atoms with Gasteiger partial charge in [-0.2, -0.15) is 0 Å². The second kappa shape index (κ2) is 7.17. The van der Waals surface area contributed by atoms with Crippen LogP contribution in [0, 0.1) is 0 Å². The van der Waals surface area contributed by atoms with Gasteiger partial charge in [-0.25, -0.2) is 9.78 Å². The van der Waals surface area contributed by atoms with Crippen molar-refractivity contribution in [1.29, 1.82) is 0 Å². The number of amides is 1. The second-order valence-corrected chi connectivity index (χ2v) is 6.83. The van der Waals surface area contributed by atoms with Gasteiger partial charge in [0.2, 0.25) is 0 Å². The second-order valence-electron chi connectivity index (χ2n) is 6.83. The molecule has 0 spiro atoms.